The molecule has 0 amide bonds. The summed E-state index contributed by atoms with van der Waals surface area (Å²) in [6.45, 7) is 7.96. The molecule has 1 saturated heterocycles. The Morgan fingerprint density at radius 3 is 2.50 bits per heavy atom. The first-order chi connectivity index (χ1) is 17.7. The van der Waals surface area contributed by atoms with Gasteiger partial charge in [0.2, 0.25) is 5.06 Å². The molecule has 0 atom stereocenters. The van der Waals surface area contributed by atoms with Crippen LogP contribution in [0.5, 0.6) is 10.8 Å². The zero-order chi connectivity index (χ0) is 24.7. The van der Waals surface area contributed by atoms with Crippen LogP contribution in [0.3, 0.4) is 0 Å². The highest BCUT2D eigenvalue weighted by Gasteiger charge is 2.17. The first-order valence-corrected chi connectivity index (χ1v) is 13.0. The molecule has 4 aromatic rings. The molecule has 0 spiro atoms. The topological polar surface area (TPSA) is 62.8 Å². The Kier molecular flexibility index (Phi) is 7.76. The summed E-state index contributed by atoms with van der Waals surface area (Å²) in [5, 5.41) is 5.14. The summed E-state index contributed by atoms with van der Waals surface area (Å²) >= 11 is 1.54. The van der Waals surface area contributed by atoms with Crippen molar-refractivity contribution in [3.8, 4) is 22.1 Å². The van der Waals surface area contributed by atoms with Crippen molar-refractivity contribution in [3.63, 3.8) is 0 Å². The zero-order valence-corrected chi connectivity index (χ0v) is 21.5. The lowest BCUT2D eigenvalue weighted by Crippen LogP contribution is -2.47. The van der Waals surface area contributed by atoms with Crippen molar-refractivity contribution in [1.82, 2.24) is 14.9 Å². The predicted octanol–water partition coefficient (Wildman–Crippen LogP) is 5.82. The second-order valence-corrected chi connectivity index (χ2v) is 9.87. The molecule has 0 unspecified atom stereocenters. The van der Waals surface area contributed by atoms with Crippen LogP contribution in [0.4, 0.5) is 17.2 Å². The van der Waals surface area contributed by atoms with Gasteiger partial charge in [0.05, 0.1) is 11.6 Å². The molecule has 7 nitrogen and oxygen atoms in total. The SMILES string of the molecule is COCCN1CCN(c2ccc(Nc3cc(Oc4sc(C)nc4-c4ccccc4)ccn3)cc2)CC1. The average molecular weight is 502 g/mol. The number of hydrogen-bond acceptors (Lipinski definition) is 8. The van der Waals surface area contributed by atoms with Crippen LogP contribution in [0.2, 0.25) is 0 Å². The van der Waals surface area contributed by atoms with E-state index in [2.05, 4.69) is 49.4 Å². The molecule has 3 heterocycles. The van der Waals surface area contributed by atoms with E-state index >= 15 is 0 Å². The maximum absolute atomic E-state index is 6.25. The summed E-state index contributed by atoms with van der Waals surface area (Å²) in [5.74, 6) is 1.45. The number of piperazine rings is 1. The van der Waals surface area contributed by atoms with Crippen LogP contribution in [0.25, 0.3) is 11.3 Å². The van der Waals surface area contributed by atoms with E-state index in [1.807, 2.05) is 49.4 Å². The van der Waals surface area contributed by atoms with Crippen molar-refractivity contribution in [3.05, 3.63) is 77.9 Å². The van der Waals surface area contributed by atoms with Gasteiger partial charge in [0, 0.05) is 69.0 Å². The van der Waals surface area contributed by atoms with Crippen molar-refractivity contribution >= 4 is 28.5 Å². The summed E-state index contributed by atoms with van der Waals surface area (Å²) < 4.78 is 11.5. The fraction of sp³-hybridized carbons (Fsp3) is 0.286. The third kappa shape index (κ3) is 6.02. The van der Waals surface area contributed by atoms with Gasteiger partial charge in [0.25, 0.3) is 0 Å². The second-order valence-electron chi connectivity index (χ2n) is 8.71. The normalized spacial score (nSPS) is 14.1. The number of aromatic nitrogens is 2. The van der Waals surface area contributed by atoms with Gasteiger partial charge in [-0.2, -0.15) is 0 Å². The van der Waals surface area contributed by atoms with Gasteiger partial charge in [-0.25, -0.2) is 9.97 Å². The number of thiazole rings is 1. The standard InChI is InChI=1S/C28H31N5O2S/c1-21-30-27(22-6-4-3-5-7-22)28(36-21)35-25-12-13-29-26(20-25)31-23-8-10-24(11-9-23)33-16-14-32(15-17-33)18-19-34-2/h3-13,20H,14-19H2,1-2H3,(H,29,31). The molecule has 1 aliphatic heterocycles. The van der Waals surface area contributed by atoms with E-state index in [4.69, 9.17) is 9.47 Å². The first kappa shape index (κ1) is 24.2. The third-order valence-corrected chi connectivity index (χ3v) is 7.03. The Bertz CT molecular complexity index is 1250. The molecule has 0 bridgehead atoms. The summed E-state index contributed by atoms with van der Waals surface area (Å²) in [7, 11) is 1.76. The zero-order valence-electron chi connectivity index (χ0n) is 20.7. The van der Waals surface area contributed by atoms with Crippen LogP contribution >= 0.6 is 11.3 Å². The second kappa shape index (κ2) is 11.5. The Balaban J connectivity index is 1.22. The number of aryl methyl sites for hydroxylation is 1. The molecule has 0 aliphatic carbocycles. The minimum Gasteiger partial charge on any atom is -0.444 e. The number of nitrogens with zero attached hydrogens (tertiary/aromatic N) is 4. The summed E-state index contributed by atoms with van der Waals surface area (Å²) in [5.41, 5.74) is 4.13. The molecular formula is C28H31N5O2S. The van der Waals surface area contributed by atoms with E-state index < -0.39 is 0 Å². The van der Waals surface area contributed by atoms with Gasteiger partial charge in [-0.15, -0.1) is 0 Å². The minimum atomic E-state index is 0.719. The van der Waals surface area contributed by atoms with Crippen LogP contribution in [-0.2, 0) is 4.74 Å². The molecule has 1 fully saturated rings. The molecule has 1 aliphatic rings. The number of methoxy groups -OCH3 is 1. The molecule has 36 heavy (non-hydrogen) atoms. The van der Waals surface area contributed by atoms with E-state index in [-0.39, 0.29) is 0 Å². The molecule has 8 heteroatoms. The molecular weight excluding hydrogens is 470 g/mol. The smallest absolute Gasteiger partial charge is 0.208 e. The fourth-order valence-electron chi connectivity index (χ4n) is 4.26. The lowest BCUT2D eigenvalue weighted by atomic mass is 10.2. The maximum atomic E-state index is 6.25. The maximum Gasteiger partial charge on any atom is 0.208 e. The summed E-state index contributed by atoms with van der Waals surface area (Å²) in [4.78, 5) is 14.0. The highest BCUT2D eigenvalue weighted by atomic mass is 32.1. The average Bonchev–Trinajstić information content (AvgIpc) is 3.28. The third-order valence-electron chi connectivity index (χ3n) is 6.18. The van der Waals surface area contributed by atoms with Crippen molar-refractivity contribution in [1.29, 1.82) is 0 Å². The number of ether oxygens (including phenoxy) is 2. The minimum absolute atomic E-state index is 0.719. The molecule has 5 rings (SSSR count). The Labute approximate surface area is 216 Å². The van der Waals surface area contributed by atoms with Crippen LogP contribution in [0.15, 0.2) is 72.9 Å². The lowest BCUT2D eigenvalue weighted by Gasteiger charge is -2.36. The van der Waals surface area contributed by atoms with Crippen LogP contribution < -0.4 is 15.0 Å². The summed E-state index contributed by atoms with van der Waals surface area (Å²) in [6.07, 6.45) is 1.76. The van der Waals surface area contributed by atoms with E-state index in [0.717, 1.165) is 77.9 Å². The Hall–Kier alpha value is -3.46. The van der Waals surface area contributed by atoms with Crippen molar-refractivity contribution < 1.29 is 9.47 Å². The molecule has 1 N–H and O–H groups in total. The van der Waals surface area contributed by atoms with Gasteiger partial charge in [-0.1, -0.05) is 41.7 Å². The van der Waals surface area contributed by atoms with Crippen molar-refractivity contribution in [2.75, 3.05) is 56.7 Å². The summed E-state index contributed by atoms with van der Waals surface area (Å²) in [6, 6.07) is 22.4. The first-order valence-electron chi connectivity index (χ1n) is 12.2. The molecule has 2 aromatic heterocycles. The Morgan fingerprint density at radius 1 is 0.972 bits per heavy atom. The number of rotatable bonds is 9. The fourth-order valence-corrected chi connectivity index (χ4v) is 5.06. The number of pyridine rings is 1. The van der Waals surface area contributed by atoms with Gasteiger partial charge in [-0.05, 0) is 37.3 Å². The van der Waals surface area contributed by atoms with E-state index in [1.165, 1.54) is 5.69 Å². The van der Waals surface area contributed by atoms with E-state index in [9.17, 15) is 0 Å². The number of nitrogens with one attached hydrogen (secondary N) is 1. The lowest BCUT2D eigenvalue weighted by molar-refractivity contribution is 0.144. The largest absolute Gasteiger partial charge is 0.444 e. The number of benzene rings is 2. The highest BCUT2D eigenvalue weighted by Crippen LogP contribution is 2.38. The van der Waals surface area contributed by atoms with Gasteiger partial charge in [-0.3, -0.25) is 4.90 Å². The van der Waals surface area contributed by atoms with E-state index in [1.54, 1.807) is 24.6 Å². The molecule has 2 aromatic carbocycles. The quantitative estimate of drug-likeness (QED) is 0.310. The predicted molar refractivity (Wildman–Crippen MR) is 147 cm³/mol. The molecule has 0 saturated carbocycles. The van der Waals surface area contributed by atoms with Crippen LogP contribution in [-0.4, -0.2) is 61.3 Å². The van der Waals surface area contributed by atoms with Gasteiger partial charge < -0.3 is 19.7 Å². The van der Waals surface area contributed by atoms with Crippen LogP contribution in [0.1, 0.15) is 5.01 Å². The molecule has 186 valence electrons. The van der Waals surface area contributed by atoms with Gasteiger partial charge in [0.1, 0.15) is 17.3 Å². The molecule has 0 radical (unpaired) electrons. The van der Waals surface area contributed by atoms with Crippen molar-refractivity contribution in [2.24, 2.45) is 0 Å². The van der Waals surface area contributed by atoms with Gasteiger partial charge in [0.15, 0.2) is 0 Å². The number of anilines is 3. The van der Waals surface area contributed by atoms with Crippen LogP contribution in [0, 0.1) is 6.92 Å². The Morgan fingerprint density at radius 2 is 1.75 bits per heavy atom. The number of hydrogen-bond donors (Lipinski definition) is 1. The monoisotopic (exact) mass is 501 g/mol. The van der Waals surface area contributed by atoms with Gasteiger partial charge >= 0.3 is 0 Å². The van der Waals surface area contributed by atoms with Crippen molar-refractivity contribution in [2.45, 2.75) is 6.92 Å². The highest BCUT2D eigenvalue weighted by molar-refractivity contribution is 7.13. The van der Waals surface area contributed by atoms with E-state index in [0.29, 0.717) is 0 Å².